The minimum Gasteiger partial charge on any atom is -0.380 e. The second-order valence-electron chi connectivity index (χ2n) is 3.72. The van der Waals surface area contributed by atoms with Crippen molar-refractivity contribution in [2.45, 2.75) is 33.7 Å². The minimum atomic E-state index is -0.542. The Hall–Kier alpha value is -1.62. The van der Waals surface area contributed by atoms with Crippen molar-refractivity contribution >= 4 is 5.91 Å². The van der Waals surface area contributed by atoms with Crippen LogP contribution in [0.2, 0.25) is 0 Å². The smallest absolute Gasteiger partial charge is 0.250 e. The lowest BCUT2D eigenvalue weighted by Gasteiger charge is -2.06. The van der Waals surface area contributed by atoms with Crippen LogP contribution < -0.4 is 11.3 Å². The molecule has 1 heterocycles. The third kappa shape index (κ3) is 6.20. The summed E-state index contributed by atoms with van der Waals surface area (Å²) in [4.78, 5) is 22.2. The second kappa shape index (κ2) is 9.41. The Labute approximate surface area is 108 Å². The van der Waals surface area contributed by atoms with E-state index in [-0.39, 0.29) is 5.56 Å². The summed E-state index contributed by atoms with van der Waals surface area (Å²) in [6, 6.07) is 2.74. The van der Waals surface area contributed by atoms with E-state index in [4.69, 9.17) is 10.5 Å². The summed E-state index contributed by atoms with van der Waals surface area (Å²) < 4.78 is 6.53. The summed E-state index contributed by atoms with van der Waals surface area (Å²) in [6.07, 6.45) is 2.70. The van der Waals surface area contributed by atoms with Gasteiger partial charge in [-0.05, 0) is 13.0 Å². The zero-order valence-corrected chi connectivity index (χ0v) is 11.3. The number of carbonyl (C=O) groups excluding carboxylic acids is 1. The van der Waals surface area contributed by atoms with Crippen molar-refractivity contribution in [1.29, 1.82) is 0 Å². The first-order chi connectivity index (χ1) is 8.56. The largest absolute Gasteiger partial charge is 0.380 e. The predicted molar refractivity (Wildman–Crippen MR) is 71.7 cm³/mol. The molecule has 0 radical (unpaired) electrons. The van der Waals surface area contributed by atoms with Gasteiger partial charge in [-0.2, -0.15) is 0 Å². The van der Waals surface area contributed by atoms with Gasteiger partial charge in [0.1, 0.15) is 0 Å². The third-order valence-corrected chi connectivity index (χ3v) is 1.95. The molecule has 1 aromatic heterocycles. The maximum atomic E-state index is 11.3. The van der Waals surface area contributed by atoms with E-state index in [0.717, 1.165) is 0 Å². The quantitative estimate of drug-likeness (QED) is 0.807. The molecule has 1 rings (SSSR count). The highest BCUT2D eigenvalue weighted by molar-refractivity contribution is 5.92. The van der Waals surface area contributed by atoms with E-state index < -0.39 is 5.91 Å². The molecule has 18 heavy (non-hydrogen) atoms. The van der Waals surface area contributed by atoms with Crippen LogP contribution in [0.25, 0.3) is 0 Å². The van der Waals surface area contributed by atoms with Crippen LogP contribution >= 0.6 is 0 Å². The number of aromatic nitrogens is 1. The Morgan fingerprint density at radius 3 is 2.44 bits per heavy atom. The van der Waals surface area contributed by atoms with Crippen LogP contribution in [0.3, 0.4) is 0 Å². The summed E-state index contributed by atoms with van der Waals surface area (Å²) >= 11 is 0. The van der Waals surface area contributed by atoms with Gasteiger partial charge >= 0.3 is 0 Å². The third-order valence-electron chi connectivity index (χ3n) is 1.95. The molecule has 0 fully saturated rings. The fourth-order valence-corrected chi connectivity index (χ4v) is 1.16. The van der Waals surface area contributed by atoms with Crippen molar-refractivity contribution in [2.75, 3.05) is 13.2 Å². The van der Waals surface area contributed by atoms with Crippen LogP contribution in [-0.4, -0.2) is 23.7 Å². The fourth-order valence-electron chi connectivity index (χ4n) is 1.16. The van der Waals surface area contributed by atoms with E-state index in [2.05, 4.69) is 13.8 Å². The SMILES string of the molecule is CCC.CCOCCn1cc(C(N)=O)ccc1=O. The highest BCUT2D eigenvalue weighted by Gasteiger charge is 2.02. The van der Waals surface area contributed by atoms with Gasteiger partial charge in [0.15, 0.2) is 0 Å². The van der Waals surface area contributed by atoms with Gasteiger partial charge in [0.2, 0.25) is 5.91 Å². The molecule has 0 aliphatic rings. The van der Waals surface area contributed by atoms with Gasteiger partial charge < -0.3 is 15.0 Å². The second-order valence-corrected chi connectivity index (χ2v) is 3.72. The van der Waals surface area contributed by atoms with E-state index in [1.165, 1.54) is 29.3 Å². The van der Waals surface area contributed by atoms with E-state index in [9.17, 15) is 9.59 Å². The molecule has 0 saturated carbocycles. The molecule has 0 aromatic carbocycles. The molecule has 5 heteroatoms. The molecule has 0 aliphatic carbocycles. The van der Waals surface area contributed by atoms with Crippen molar-refractivity contribution in [2.24, 2.45) is 5.73 Å². The van der Waals surface area contributed by atoms with E-state index >= 15 is 0 Å². The number of pyridine rings is 1. The molecular formula is C13H22N2O3. The fraction of sp³-hybridized carbons (Fsp3) is 0.538. The number of nitrogens with zero attached hydrogens (tertiary/aromatic N) is 1. The number of carbonyl (C=O) groups is 1. The minimum absolute atomic E-state index is 0.167. The van der Waals surface area contributed by atoms with Gasteiger partial charge in [0.25, 0.3) is 5.56 Å². The Morgan fingerprint density at radius 1 is 1.33 bits per heavy atom. The van der Waals surface area contributed by atoms with Crippen LogP contribution in [0.4, 0.5) is 0 Å². The van der Waals surface area contributed by atoms with Crippen LogP contribution in [0.1, 0.15) is 37.6 Å². The lowest BCUT2D eigenvalue weighted by atomic mass is 10.3. The van der Waals surface area contributed by atoms with Crippen LogP contribution in [-0.2, 0) is 11.3 Å². The highest BCUT2D eigenvalue weighted by Crippen LogP contribution is 1.94. The first-order valence-electron chi connectivity index (χ1n) is 6.14. The van der Waals surface area contributed by atoms with Crippen molar-refractivity contribution in [3.63, 3.8) is 0 Å². The van der Waals surface area contributed by atoms with E-state index in [1.54, 1.807) is 0 Å². The van der Waals surface area contributed by atoms with Crippen LogP contribution in [0.15, 0.2) is 23.1 Å². The molecule has 1 amide bonds. The average molecular weight is 254 g/mol. The van der Waals surface area contributed by atoms with E-state index in [1.807, 2.05) is 6.92 Å². The zero-order chi connectivity index (χ0) is 14.0. The summed E-state index contributed by atoms with van der Waals surface area (Å²) in [5.41, 5.74) is 5.26. The number of hydrogen-bond acceptors (Lipinski definition) is 3. The first kappa shape index (κ1) is 16.4. The topological polar surface area (TPSA) is 74.3 Å². The maximum absolute atomic E-state index is 11.3. The number of primary amides is 1. The molecule has 0 spiro atoms. The Kier molecular flexibility index (Phi) is 8.57. The standard InChI is InChI=1S/C10H14N2O3.C3H8/c1-2-15-6-5-12-7-8(10(11)14)3-4-9(12)13;1-3-2/h3-4,7H,2,5-6H2,1H3,(H2,11,14);3H2,1-2H3. The van der Waals surface area contributed by atoms with E-state index in [0.29, 0.717) is 25.3 Å². The van der Waals surface area contributed by atoms with Crippen molar-refractivity contribution in [3.05, 3.63) is 34.2 Å². The zero-order valence-electron chi connectivity index (χ0n) is 11.3. The highest BCUT2D eigenvalue weighted by atomic mass is 16.5. The number of hydrogen-bond donors (Lipinski definition) is 1. The van der Waals surface area contributed by atoms with Gasteiger partial charge in [-0.15, -0.1) is 0 Å². The monoisotopic (exact) mass is 254 g/mol. The van der Waals surface area contributed by atoms with Gasteiger partial charge in [-0.1, -0.05) is 20.3 Å². The average Bonchev–Trinajstić information content (AvgIpc) is 2.32. The first-order valence-corrected chi connectivity index (χ1v) is 6.14. The molecule has 0 unspecified atom stereocenters. The van der Waals surface area contributed by atoms with Crippen LogP contribution in [0.5, 0.6) is 0 Å². The van der Waals surface area contributed by atoms with Crippen LogP contribution in [0, 0.1) is 0 Å². The maximum Gasteiger partial charge on any atom is 0.250 e. The number of amides is 1. The summed E-state index contributed by atoms with van der Waals surface area (Å²) in [6.45, 7) is 7.60. The summed E-state index contributed by atoms with van der Waals surface area (Å²) in [5.74, 6) is -0.542. The molecule has 0 atom stereocenters. The van der Waals surface area contributed by atoms with Crippen molar-refractivity contribution in [3.8, 4) is 0 Å². The van der Waals surface area contributed by atoms with Crippen molar-refractivity contribution < 1.29 is 9.53 Å². The number of nitrogens with two attached hydrogens (primary N) is 1. The summed E-state index contributed by atoms with van der Waals surface area (Å²) in [5, 5.41) is 0. The van der Waals surface area contributed by atoms with Gasteiger partial charge in [-0.3, -0.25) is 9.59 Å². The molecule has 0 saturated heterocycles. The predicted octanol–water partition coefficient (Wildman–Crippen LogP) is 1.40. The van der Waals surface area contributed by atoms with Gasteiger partial charge in [0.05, 0.1) is 12.2 Å². The summed E-state index contributed by atoms with van der Waals surface area (Å²) in [7, 11) is 0. The van der Waals surface area contributed by atoms with Crippen molar-refractivity contribution in [1.82, 2.24) is 4.57 Å². The molecule has 0 aliphatic heterocycles. The molecule has 5 nitrogen and oxygen atoms in total. The van der Waals surface area contributed by atoms with Gasteiger partial charge in [-0.25, -0.2) is 0 Å². The Balaban J connectivity index is 0.000000873. The Bertz CT molecular complexity index is 413. The van der Waals surface area contributed by atoms with Gasteiger partial charge in [0, 0.05) is 25.4 Å². The number of ether oxygens (including phenoxy) is 1. The number of rotatable bonds is 5. The molecule has 2 N–H and O–H groups in total. The molecule has 0 bridgehead atoms. The normalized spacial score (nSPS) is 9.50. The molecule has 102 valence electrons. The Morgan fingerprint density at radius 2 is 1.94 bits per heavy atom. The molecule has 1 aromatic rings. The lowest BCUT2D eigenvalue weighted by molar-refractivity contribution is 0.0998. The molecular weight excluding hydrogens is 232 g/mol. The lowest BCUT2D eigenvalue weighted by Crippen LogP contribution is -2.24.